The van der Waals surface area contributed by atoms with Crippen molar-refractivity contribution in [1.29, 1.82) is 0 Å². The molecule has 3 aromatic heterocycles. The van der Waals surface area contributed by atoms with E-state index < -0.39 is 23.3 Å². The van der Waals surface area contributed by atoms with Crippen molar-refractivity contribution in [2.45, 2.75) is 39.8 Å². The summed E-state index contributed by atoms with van der Waals surface area (Å²) in [6.45, 7) is 6.12. The molecule has 31 heavy (non-hydrogen) atoms. The third kappa shape index (κ3) is 2.96. The first-order valence-electron chi connectivity index (χ1n) is 9.96. The van der Waals surface area contributed by atoms with E-state index in [0.717, 1.165) is 10.1 Å². The molecular weight excluding hydrogens is 398 g/mol. The number of hydrogen-bond acceptors (Lipinski definition) is 5. The number of nitrogens with zero attached hydrogens (tertiary/aromatic N) is 5. The van der Waals surface area contributed by atoms with Crippen LogP contribution in [0.5, 0.6) is 0 Å². The standard InChI is InChI=1S/C22H23N5O4/c1-12(14(3)28)26-17(16-9-7-6-8-10-16)11-25-18-19(23-21(25)26)24(5)22(31)27(20(18)30)13(2)15(4)29/h6-13H,1-5H3/t12-,13-/m0/s1. The van der Waals surface area contributed by atoms with Crippen LogP contribution >= 0.6 is 0 Å². The highest BCUT2D eigenvalue weighted by Gasteiger charge is 2.26. The van der Waals surface area contributed by atoms with Crippen molar-refractivity contribution in [3.8, 4) is 11.3 Å². The molecule has 160 valence electrons. The minimum absolute atomic E-state index is 0.0705. The number of rotatable bonds is 5. The fourth-order valence-electron chi connectivity index (χ4n) is 3.79. The Kier molecular flexibility index (Phi) is 4.76. The summed E-state index contributed by atoms with van der Waals surface area (Å²) in [6, 6.07) is 8.03. The number of Topliss-reactive ketones (excluding diaryl/α,β-unsaturated/α-hetero) is 2. The number of aryl methyl sites for hydroxylation is 1. The SMILES string of the molecule is CC(=O)[C@H](C)n1c(=O)c2c(nc3n([C@@H](C)C(C)=O)c(-c4ccccc4)cn23)n(C)c1=O. The number of carbonyl (C=O) groups excluding carboxylic acids is 2. The van der Waals surface area contributed by atoms with Crippen LogP contribution in [0.25, 0.3) is 28.2 Å². The molecule has 0 saturated heterocycles. The van der Waals surface area contributed by atoms with Crippen LogP contribution in [0, 0.1) is 0 Å². The molecule has 0 N–H and O–H groups in total. The van der Waals surface area contributed by atoms with Gasteiger partial charge >= 0.3 is 5.69 Å². The average molecular weight is 421 g/mol. The number of carbonyl (C=O) groups is 2. The van der Waals surface area contributed by atoms with Gasteiger partial charge in [0.05, 0.1) is 17.8 Å². The zero-order chi connectivity index (χ0) is 22.6. The summed E-state index contributed by atoms with van der Waals surface area (Å²) in [4.78, 5) is 54.9. The zero-order valence-electron chi connectivity index (χ0n) is 18.0. The van der Waals surface area contributed by atoms with Crippen LogP contribution in [0.3, 0.4) is 0 Å². The smallest absolute Gasteiger partial charge is 0.299 e. The minimum Gasteiger partial charge on any atom is -0.299 e. The molecule has 0 fully saturated rings. The highest BCUT2D eigenvalue weighted by Crippen LogP contribution is 2.29. The molecule has 9 nitrogen and oxygen atoms in total. The summed E-state index contributed by atoms with van der Waals surface area (Å²) in [5, 5.41) is 0. The number of fused-ring (bicyclic) bond motifs is 3. The monoisotopic (exact) mass is 421 g/mol. The topological polar surface area (TPSA) is 100 Å². The summed E-state index contributed by atoms with van der Waals surface area (Å²) in [6.07, 6.45) is 1.74. The predicted octanol–water partition coefficient (Wildman–Crippen LogP) is 2.12. The Labute approximate surface area is 177 Å². The zero-order valence-corrected chi connectivity index (χ0v) is 18.0. The molecule has 0 aliphatic carbocycles. The van der Waals surface area contributed by atoms with E-state index in [1.54, 1.807) is 22.1 Å². The maximum absolute atomic E-state index is 13.3. The van der Waals surface area contributed by atoms with Gasteiger partial charge in [0.1, 0.15) is 0 Å². The van der Waals surface area contributed by atoms with Crippen LogP contribution in [0.2, 0.25) is 0 Å². The lowest BCUT2D eigenvalue weighted by Crippen LogP contribution is -2.42. The van der Waals surface area contributed by atoms with Gasteiger partial charge in [-0.05, 0) is 33.3 Å². The van der Waals surface area contributed by atoms with Crippen LogP contribution in [0.15, 0.2) is 46.1 Å². The Bertz CT molecular complexity index is 1470. The molecular formula is C22H23N5O4. The lowest BCUT2D eigenvalue weighted by atomic mass is 10.1. The van der Waals surface area contributed by atoms with Crippen LogP contribution < -0.4 is 11.2 Å². The van der Waals surface area contributed by atoms with Crippen LogP contribution in [-0.4, -0.2) is 34.7 Å². The van der Waals surface area contributed by atoms with Crippen molar-refractivity contribution in [3.63, 3.8) is 0 Å². The molecule has 0 spiro atoms. The number of ketones is 2. The molecule has 4 aromatic rings. The maximum atomic E-state index is 13.3. The third-order valence-electron chi connectivity index (χ3n) is 5.85. The fraction of sp³-hybridized carbons (Fsp3) is 0.318. The van der Waals surface area contributed by atoms with E-state index in [-0.39, 0.29) is 22.7 Å². The Morgan fingerprint density at radius 1 is 0.935 bits per heavy atom. The largest absolute Gasteiger partial charge is 0.333 e. The second kappa shape index (κ2) is 7.19. The molecule has 0 aliphatic rings. The summed E-state index contributed by atoms with van der Waals surface area (Å²) < 4.78 is 5.57. The van der Waals surface area contributed by atoms with Gasteiger partial charge in [-0.25, -0.2) is 9.36 Å². The molecule has 0 amide bonds. The van der Waals surface area contributed by atoms with Crippen molar-refractivity contribution in [3.05, 3.63) is 57.4 Å². The van der Waals surface area contributed by atoms with E-state index in [1.807, 2.05) is 30.3 Å². The van der Waals surface area contributed by atoms with Gasteiger partial charge in [0.25, 0.3) is 5.56 Å². The molecule has 9 heteroatoms. The molecule has 1 aromatic carbocycles. The van der Waals surface area contributed by atoms with Crippen molar-refractivity contribution in [2.24, 2.45) is 7.05 Å². The summed E-state index contributed by atoms with van der Waals surface area (Å²) >= 11 is 0. The first kappa shape index (κ1) is 20.5. The lowest BCUT2D eigenvalue weighted by Gasteiger charge is -2.14. The quantitative estimate of drug-likeness (QED) is 0.491. The normalized spacial score (nSPS) is 13.6. The van der Waals surface area contributed by atoms with Gasteiger partial charge in [-0.3, -0.25) is 27.9 Å². The number of imidazole rings is 2. The van der Waals surface area contributed by atoms with E-state index in [4.69, 9.17) is 0 Å². The van der Waals surface area contributed by atoms with E-state index in [1.165, 1.54) is 32.4 Å². The number of benzene rings is 1. The van der Waals surface area contributed by atoms with E-state index in [2.05, 4.69) is 4.98 Å². The Hall–Kier alpha value is -3.75. The van der Waals surface area contributed by atoms with E-state index >= 15 is 0 Å². The summed E-state index contributed by atoms with van der Waals surface area (Å²) in [5.74, 6) is 0.00257. The molecule has 0 unspecified atom stereocenters. The van der Waals surface area contributed by atoms with Crippen LogP contribution in [-0.2, 0) is 16.6 Å². The predicted molar refractivity (Wildman–Crippen MR) is 116 cm³/mol. The van der Waals surface area contributed by atoms with Crippen molar-refractivity contribution in [1.82, 2.24) is 23.1 Å². The highest BCUT2D eigenvalue weighted by molar-refractivity contribution is 5.84. The first-order chi connectivity index (χ1) is 14.6. The molecule has 2 atom stereocenters. The van der Waals surface area contributed by atoms with Gasteiger partial charge in [0.2, 0.25) is 5.78 Å². The van der Waals surface area contributed by atoms with Crippen LogP contribution in [0.1, 0.15) is 39.8 Å². The van der Waals surface area contributed by atoms with Gasteiger partial charge < -0.3 is 0 Å². The Balaban J connectivity index is 2.18. The summed E-state index contributed by atoms with van der Waals surface area (Å²) in [7, 11) is 1.51. The molecule has 0 radical (unpaired) electrons. The first-order valence-corrected chi connectivity index (χ1v) is 9.96. The third-order valence-corrected chi connectivity index (χ3v) is 5.85. The second-order valence-electron chi connectivity index (χ2n) is 7.79. The Morgan fingerprint density at radius 3 is 2.10 bits per heavy atom. The fourth-order valence-corrected chi connectivity index (χ4v) is 3.79. The second-order valence-corrected chi connectivity index (χ2v) is 7.79. The molecule has 3 heterocycles. The molecule has 4 rings (SSSR count). The van der Waals surface area contributed by atoms with Crippen LogP contribution in [0.4, 0.5) is 0 Å². The molecule has 0 saturated carbocycles. The maximum Gasteiger partial charge on any atom is 0.333 e. The minimum atomic E-state index is -0.909. The van der Waals surface area contributed by atoms with Gasteiger partial charge in [-0.1, -0.05) is 30.3 Å². The Morgan fingerprint density at radius 2 is 1.52 bits per heavy atom. The van der Waals surface area contributed by atoms with Gasteiger partial charge in [0, 0.05) is 13.2 Å². The van der Waals surface area contributed by atoms with Crippen molar-refractivity contribution in [2.75, 3.05) is 0 Å². The number of aromatic nitrogens is 5. The molecule has 0 aliphatic heterocycles. The van der Waals surface area contributed by atoms with Gasteiger partial charge in [-0.2, -0.15) is 4.98 Å². The molecule has 0 bridgehead atoms. The average Bonchev–Trinajstić information content (AvgIpc) is 3.28. The lowest BCUT2D eigenvalue weighted by molar-refractivity contribution is -0.120. The van der Waals surface area contributed by atoms with E-state index in [0.29, 0.717) is 11.5 Å². The van der Waals surface area contributed by atoms with Crippen molar-refractivity contribution < 1.29 is 9.59 Å². The van der Waals surface area contributed by atoms with E-state index in [9.17, 15) is 19.2 Å². The summed E-state index contributed by atoms with van der Waals surface area (Å²) in [5.41, 5.74) is 0.734. The van der Waals surface area contributed by atoms with Gasteiger partial charge in [-0.15, -0.1) is 0 Å². The highest BCUT2D eigenvalue weighted by atomic mass is 16.2. The number of hydrogen-bond donors (Lipinski definition) is 0. The van der Waals surface area contributed by atoms with Gasteiger partial charge in [0.15, 0.2) is 22.7 Å². The van der Waals surface area contributed by atoms with Crippen molar-refractivity contribution >= 4 is 28.5 Å².